The first-order valence-electron chi connectivity index (χ1n) is 7.08. The molecule has 0 saturated carbocycles. The Labute approximate surface area is 127 Å². The summed E-state index contributed by atoms with van der Waals surface area (Å²) < 4.78 is 7.71. The lowest BCUT2D eigenvalue weighted by Gasteiger charge is -2.21. The van der Waals surface area contributed by atoms with Gasteiger partial charge in [0, 0.05) is 31.8 Å². The third kappa shape index (κ3) is 3.04. The summed E-state index contributed by atoms with van der Waals surface area (Å²) in [6.45, 7) is 2.48. The van der Waals surface area contributed by atoms with Crippen molar-refractivity contribution in [3.63, 3.8) is 0 Å². The fourth-order valence-corrected chi connectivity index (χ4v) is 2.31. The Morgan fingerprint density at radius 3 is 3.18 bits per heavy atom. The molecule has 1 aromatic carbocycles. The SMILES string of the molecule is CC(=O)NC[C@H](O)CNc1ccc2c(c1)OCc1cncn1-2. The molecule has 1 atom stereocenters. The maximum atomic E-state index is 10.8. The number of amides is 1. The number of anilines is 1. The van der Waals surface area contributed by atoms with Crippen LogP contribution >= 0.6 is 0 Å². The number of ether oxygens (including phenoxy) is 1. The molecule has 3 N–H and O–H groups in total. The average Bonchev–Trinajstić information content (AvgIpc) is 2.99. The molecule has 116 valence electrons. The molecule has 0 fully saturated rings. The van der Waals surface area contributed by atoms with E-state index in [1.807, 2.05) is 22.8 Å². The minimum Gasteiger partial charge on any atom is -0.485 e. The van der Waals surface area contributed by atoms with Crippen LogP contribution in [0.5, 0.6) is 5.75 Å². The third-order valence-corrected chi connectivity index (χ3v) is 3.44. The molecule has 0 radical (unpaired) electrons. The first kappa shape index (κ1) is 14.4. The van der Waals surface area contributed by atoms with Gasteiger partial charge in [-0.3, -0.25) is 9.36 Å². The van der Waals surface area contributed by atoms with Crippen molar-refractivity contribution >= 4 is 11.6 Å². The van der Waals surface area contributed by atoms with Gasteiger partial charge in [0.25, 0.3) is 0 Å². The topological polar surface area (TPSA) is 88.4 Å². The first-order valence-corrected chi connectivity index (χ1v) is 7.08. The number of aliphatic hydroxyl groups excluding tert-OH is 1. The smallest absolute Gasteiger partial charge is 0.216 e. The van der Waals surface area contributed by atoms with Gasteiger partial charge in [0.15, 0.2) is 0 Å². The minimum atomic E-state index is -0.652. The Hall–Kier alpha value is -2.54. The van der Waals surface area contributed by atoms with Crippen LogP contribution in [-0.2, 0) is 11.4 Å². The van der Waals surface area contributed by atoms with Gasteiger partial charge in [-0.2, -0.15) is 0 Å². The number of benzene rings is 1. The van der Waals surface area contributed by atoms with E-state index in [9.17, 15) is 9.90 Å². The van der Waals surface area contributed by atoms with Crippen LogP contribution in [0.25, 0.3) is 5.69 Å². The third-order valence-electron chi connectivity index (χ3n) is 3.44. The van der Waals surface area contributed by atoms with Gasteiger partial charge in [0.2, 0.25) is 5.91 Å². The largest absolute Gasteiger partial charge is 0.485 e. The number of fused-ring (bicyclic) bond motifs is 3. The van der Waals surface area contributed by atoms with Crippen LogP contribution in [0.2, 0.25) is 0 Å². The Balaban J connectivity index is 1.64. The molecule has 7 nitrogen and oxygen atoms in total. The van der Waals surface area contributed by atoms with Crippen molar-refractivity contribution in [2.24, 2.45) is 0 Å². The normalized spacial score (nSPS) is 13.5. The lowest BCUT2D eigenvalue weighted by atomic mass is 10.2. The maximum absolute atomic E-state index is 10.8. The molecule has 0 spiro atoms. The van der Waals surface area contributed by atoms with Crippen LogP contribution in [0.15, 0.2) is 30.7 Å². The zero-order chi connectivity index (χ0) is 15.5. The molecular formula is C15H18N4O3. The van der Waals surface area contributed by atoms with Crippen LogP contribution in [0.4, 0.5) is 5.69 Å². The lowest BCUT2D eigenvalue weighted by molar-refractivity contribution is -0.119. The van der Waals surface area contributed by atoms with Gasteiger partial charge in [-0.1, -0.05) is 0 Å². The predicted octanol–water partition coefficient (Wildman–Crippen LogP) is 0.674. The van der Waals surface area contributed by atoms with Crippen molar-refractivity contribution in [2.75, 3.05) is 18.4 Å². The van der Waals surface area contributed by atoms with Gasteiger partial charge in [-0.05, 0) is 12.1 Å². The van der Waals surface area contributed by atoms with Gasteiger partial charge >= 0.3 is 0 Å². The Morgan fingerprint density at radius 1 is 1.50 bits per heavy atom. The number of imidazole rings is 1. The summed E-state index contributed by atoms with van der Waals surface area (Å²) in [5, 5.41) is 15.5. The van der Waals surface area contributed by atoms with Crippen molar-refractivity contribution in [3.05, 3.63) is 36.4 Å². The molecule has 7 heteroatoms. The summed E-state index contributed by atoms with van der Waals surface area (Å²) in [7, 11) is 0. The molecule has 2 aromatic rings. The molecule has 0 saturated heterocycles. The molecule has 0 bridgehead atoms. The van der Waals surface area contributed by atoms with E-state index in [-0.39, 0.29) is 12.5 Å². The minimum absolute atomic E-state index is 0.155. The Morgan fingerprint density at radius 2 is 2.36 bits per heavy atom. The van der Waals surface area contributed by atoms with Crippen molar-refractivity contribution in [1.29, 1.82) is 0 Å². The average molecular weight is 302 g/mol. The zero-order valence-electron chi connectivity index (χ0n) is 12.2. The highest BCUT2D eigenvalue weighted by Crippen LogP contribution is 2.31. The van der Waals surface area contributed by atoms with Crippen molar-refractivity contribution < 1.29 is 14.6 Å². The van der Waals surface area contributed by atoms with Crippen LogP contribution in [0, 0.1) is 0 Å². The van der Waals surface area contributed by atoms with E-state index in [1.165, 1.54) is 6.92 Å². The van der Waals surface area contributed by atoms with Crippen molar-refractivity contribution in [2.45, 2.75) is 19.6 Å². The van der Waals surface area contributed by atoms with Gasteiger partial charge in [-0.25, -0.2) is 4.98 Å². The van der Waals surface area contributed by atoms with E-state index < -0.39 is 6.10 Å². The summed E-state index contributed by atoms with van der Waals surface area (Å²) in [5.41, 5.74) is 2.81. The molecule has 2 heterocycles. The van der Waals surface area contributed by atoms with E-state index >= 15 is 0 Å². The maximum Gasteiger partial charge on any atom is 0.216 e. The predicted molar refractivity (Wildman–Crippen MR) is 81.1 cm³/mol. The molecular weight excluding hydrogens is 284 g/mol. The van der Waals surface area contributed by atoms with E-state index in [1.54, 1.807) is 12.5 Å². The quantitative estimate of drug-likeness (QED) is 0.755. The summed E-state index contributed by atoms with van der Waals surface area (Å²) in [4.78, 5) is 14.9. The highest BCUT2D eigenvalue weighted by Gasteiger charge is 2.17. The molecule has 3 rings (SSSR count). The lowest BCUT2D eigenvalue weighted by Crippen LogP contribution is -2.34. The van der Waals surface area contributed by atoms with Gasteiger partial charge in [0.1, 0.15) is 12.4 Å². The molecule has 22 heavy (non-hydrogen) atoms. The van der Waals surface area contributed by atoms with E-state index in [0.717, 1.165) is 22.8 Å². The van der Waals surface area contributed by atoms with Crippen LogP contribution < -0.4 is 15.4 Å². The second-order valence-corrected chi connectivity index (χ2v) is 5.20. The summed E-state index contributed by atoms with van der Waals surface area (Å²) >= 11 is 0. The molecule has 0 aliphatic carbocycles. The molecule has 1 aliphatic rings. The molecule has 0 unspecified atom stereocenters. The van der Waals surface area contributed by atoms with Gasteiger partial charge < -0.3 is 20.5 Å². The second-order valence-electron chi connectivity index (χ2n) is 5.20. The molecule has 1 aliphatic heterocycles. The fraction of sp³-hybridized carbons (Fsp3) is 0.333. The van der Waals surface area contributed by atoms with Crippen LogP contribution in [0.3, 0.4) is 0 Å². The standard InChI is InChI=1S/C15H18N4O3/c1-10(20)17-6-13(21)7-18-11-2-3-14-15(4-11)22-8-12-5-16-9-19(12)14/h2-5,9,13,18,21H,6-8H2,1H3,(H,17,20)/t13-/m0/s1. The number of hydrogen-bond acceptors (Lipinski definition) is 5. The highest BCUT2D eigenvalue weighted by atomic mass is 16.5. The first-order chi connectivity index (χ1) is 10.6. The summed E-state index contributed by atoms with van der Waals surface area (Å²) in [6, 6.07) is 5.76. The van der Waals surface area contributed by atoms with E-state index in [0.29, 0.717) is 13.2 Å². The fourth-order valence-electron chi connectivity index (χ4n) is 2.31. The number of rotatable bonds is 5. The number of carbonyl (C=O) groups excluding carboxylic acids is 1. The molecule has 1 aromatic heterocycles. The van der Waals surface area contributed by atoms with Gasteiger partial charge in [0.05, 0.1) is 30.0 Å². The summed E-state index contributed by atoms with van der Waals surface area (Å²) in [5.74, 6) is 0.615. The number of nitrogens with zero attached hydrogens (tertiary/aromatic N) is 2. The van der Waals surface area contributed by atoms with Gasteiger partial charge in [-0.15, -0.1) is 0 Å². The molecule has 1 amide bonds. The number of aliphatic hydroxyl groups is 1. The second kappa shape index (κ2) is 6.07. The number of hydrogen-bond donors (Lipinski definition) is 3. The van der Waals surface area contributed by atoms with E-state index in [2.05, 4.69) is 15.6 Å². The number of carbonyl (C=O) groups is 1. The zero-order valence-corrected chi connectivity index (χ0v) is 12.2. The highest BCUT2D eigenvalue weighted by molar-refractivity contribution is 5.72. The number of aromatic nitrogens is 2. The van der Waals surface area contributed by atoms with Crippen molar-refractivity contribution in [3.8, 4) is 11.4 Å². The Bertz CT molecular complexity index is 683. The van der Waals surface area contributed by atoms with Crippen molar-refractivity contribution in [1.82, 2.24) is 14.9 Å². The van der Waals surface area contributed by atoms with Crippen LogP contribution in [-0.4, -0.2) is 39.8 Å². The number of nitrogens with one attached hydrogen (secondary N) is 2. The monoisotopic (exact) mass is 302 g/mol. The van der Waals surface area contributed by atoms with Crippen LogP contribution in [0.1, 0.15) is 12.6 Å². The Kier molecular flexibility index (Phi) is 3.97. The summed E-state index contributed by atoms with van der Waals surface area (Å²) in [6.07, 6.45) is 2.90. The van der Waals surface area contributed by atoms with E-state index in [4.69, 9.17) is 4.74 Å².